The van der Waals surface area contributed by atoms with Gasteiger partial charge in [0.15, 0.2) is 0 Å². The second kappa shape index (κ2) is 10.5. The van der Waals surface area contributed by atoms with Crippen LogP contribution in [0.5, 0.6) is 0 Å². The first-order chi connectivity index (χ1) is 14.3. The minimum atomic E-state index is 0.178. The maximum absolute atomic E-state index is 12.7. The Labute approximate surface area is 175 Å². The van der Waals surface area contributed by atoms with Gasteiger partial charge in [-0.3, -0.25) is 19.6 Å². The average molecular weight is 400 g/mol. The van der Waals surface area contributed by atoms with Crippen LogP contribution in [0.1, 0.15) is 44.1 Å². The molecule has 3 saturated heterocycles. The summed E-state index contributed by atoms with van der Waals surface area (Å²) in [7, 11) is 0. The first-order valence-corrected chi connectivity index (χ1v) is 11.6. The Hall–Kier alpha value is -1.50. The molecule has 4 heterocycles. The number of hydrogen-bond donors (Lipinski definition) is 1. The number of amides is 1. The van der Waals surface area contributed by atoms with Crippen LogP contribution in [0, 0.1) is 5.92 Å². The molecule has 1 unspecified atom stereocenters. The van der Waals surface area contributed by atoms with Gasteiger partial charge in [-0.05, 0) is 88.9 Å². The Morgan fingerprint density at radius 2 is 1.72 bits per heavy atom. The molecule has 0 bridgehead atoms. The maximum atomic E-state index is 12.7. The van der Waals surface area contributed by atoms with E-state index in [1.807, 2.05) is 12.4 Å². The number of likely N-dealkylation sites (tertiary alicyclic amines) is 3. The maximum Gasteiger partial charge on any atom is 0.224 e. The van der Waals surface area contributed by atoms with Crippen LogP contribution in [-0.4, -0.2) is 84.0 Å². The van der Waals surface area contributed by atoms with Crippen LogP contribution in [-0.2, 0) is 11.3 Å². The summed E-state index contributed by atoms with van der Waals surface area (Å²) in [6.45, 7) is 9.65. The minimum absolute atomic E-state index is 0.178. The Morgan fingerprint density at radius 1 is 0.966 bits per heavy atom. The molecule has 1 aromatic rings. The quantitative estimate of drug-likeness (QED) is 0.760. The molecule has 3 fully saturated rings. The zero-order valence-electron chi connectivity index (χ0n) is 17.8. The highest BCUT2D eigenvalue weighted by molar-refractivity contribution is 5.78. The number of piperidine rings is 2. The van der Waals surface area contributed by atoms with Gasteiger partial charge in [-0.25, -0.2) is 0 Å². The van der Waals surface area contributed by atoms with Crippen molar-refractivity contribution >= 4 is 5.91 Å². The summed E-state index contributed by atoms with van der Waals surface area (Å²) in [5, 5.41) is 3.22. The Balaban J connectivity index is 1.18. The molecule has 1 atom stereocenters. The monoisotopic (exact) mass is 399 g/mol. The fourth-order valence-corrected chi connectivity index (χ4v) is 5.23. The van der Waals surface area contributed by atoms with Gasteiger partial charge < -0.3 is 10.2 Å². The fraction of sp³-hybridized carbons (Fsp3) is 0.739. The van der Waals surface area contributed by atoms with E-state index >= 15 is 0 Å². The first kappa shape index (κ1) is 20.8. The van der Waals surface area contributed by atoms with Crippen LogP contribution in [0.25, 0.3) is 0 Å². The highest BCUT2D eigenvalue weighted by Gasteiger charge is 2.31. The van der Waals surface area contributed by atoms with Crippen LogP contribution in [0.2, 0.25) is 0 Å². The smallest absolute Gasteiger partial charge is 0.224 e. The van der Waals surface area contributed by atoms with E-state index in [1.165, 1.54) is 44.3 Å². The average Bonchev–Trinajstić information content (AvgIpc) is 3.29. The van der Waals surface area contributed by atoms with Crippen molar-refractivity contribution in [2.24, 2.45) is 5.92 Å². The van der Waals surface area contributed by atoms with Crippen LogP contribution in [0.15, 0.2) is 24.5 Å². The Morgan fingerprint density at radius 3 is 2.48 bits per heavy atom. The standard InChI is InChI=1S/C23H37N5O/c29-23(25-11-17-26-12-1-2-13-26)21-4-3-14-28(19-21)22-7-15-27(16-8-22)18-20-5-9-24-10-6-20/h5-6,9-10,21-22H,1-4,7-8,11-19H2,(H,25,29). The number of carbonyl (C=O) groups excluding carboxylic acids is 1. The predicted octanol–water partition coefficient (Wildman–Crippen LogP) is 1.97. The molecule has 3 aliphatic heterocycles. The Bertz CT molecular complexity index is 625. The third-order valence-electron chi connectivity index (χ3n) is 6.98. The molecule has 6 heteroatoms. The summed E-state index contributed by atoms with van der Waals surface area (Å²) < 4.78 is 0. The lowest BCUT2D eigenvalue weighted by molar-refractivity contribution is -0.127. The van der Waals surface area contributed by atoms with E-state index in [-0.39, 0.29) is 11.8 Å². The molecule has 29 heavy (non-hydrogen) atoms. The Kier molecular flexibility index (Phi) is 7.52. The van der Waals surface area contributed by atoms with E-state index in [1.54, 1.807) is 0 Å². The lowest BCUT2D eigenvalue weighted by Gasteiger charge is -2.42. The number of nitrogens with zero attached hydrogens (tertiary/aromatic N) is 4. The molecule has 0 saturated carbocycles. The minimum Gasteiger partial charge on any atom is -0.355 e. The van der Waals surface area contributed by atoms with E-state index < -0.39 is 0 Å². The third-order valence-corrected chi connectivity index (χ3v) is 6.98. The van der Waals surface area contributed by atoms with Crippen LogP contribution < -0.4 is 5.32 Å². The van der Waals surface area contributed by atoms with Crippen LogP contribution >= 0.6 is 0 Å². The second-order valence-electron chi connectivity index (χ2n) is 9.04. The molecule has 6 nitrogen and oxygen atoms in total. The number of carbonyl (C=O) groups is 1. The van der Waals surface area contributed by atoms with E-state index in [0.29, 0.717) is 6.04 Å². The summed E-state index contributed by atoms with van der Waals surface area (Å²) in [5.74, 6) is 0.459. The van der Waals surface area contributed by atoms with Gasteiger partial charge >= 0.3 is 0 Å². The van der Waals surface area contributed by atoms with Crippen molar-refractivity contribution in [3.63, 3.8) is 0 Å². The summed E-state index contributed by atoms with van der Waals surface area (Å²) in [4.78, 5) is 24.4. The molecule has 1 amide bonds. The second-order valence-corrected chi connectivity index (χ2v) is 9.04. The van der Waals surface area contributed by atoms with Crippen molar-refractivity contribution in [2.75, 3.05) is 52.4 Å². The lowest BCUT2D eigenvalue weighted by atomic mass is 9.93. The van der Waals surface area contributed by atoms with Crippen molar-refractivity contribution < 1.29 is 4.79 Å². The number of pyridine rings is 1. The molecule has 4 rings (SSSR count). The van der Waals surface area contributed by atoms with Gasteiger partial charge in [-0.1, -0.05) is 0 Å². The van der Waals surface area contributed by atoms with Crippen LogP contribution in [0.4, 0.5) is 0 Å². The topological polar surface area (TPSA) is 51.7 Å². The normalized spacial score (nSPS) is 25.3. The predicted molar refractivity (Wildman–Crippen MR) is 116 cm³/mol. The van der Waals surface area contributed by atoms with Gasteiger partial charge in [0.25, 0.3) is 0 Å². The molecule has 0 aromatic carbocycles. The number of nitrogens with one attached hydrogen (secondary N) is 1. The highest BCUT2D eigenvalue weighted by Crippen LogP contribution is 2.24. The zero-order chi connectivity index (χ0) is 19.9. The van der Waals surface area contributed by atoms with E-state index in [0.717, 1.165) is 58.7 Å². The van der Waals surface area contributed by atoms with Gasteiger partial charge in [0.05, 0.1) is 5.92 Å². The van der Waals surface area contributed by atoms with E-state index in [9.17, 15) is 4.79 Å². The van der Waals surface area contributed by atoms with Crippen molar-refractivity contribution in [2.45, 2.75) is 51.1 Å². The zero-order valence-corrected chi connectivity index (χ0v) is 17.8. The summed E-state index contributed by atoms with van der Waals surface area (Å²) >= 11 is 0. The SMILES string of the molecule is O=C(NCCN1CCCC1)C1CCCN(C2CCN(Cc3ccncc3)CC2)C1. The van der Waals surface area contributed by atoms with Crippen molar-refractivity contribution in [3.8, 4) is 0 Å². The highest BCUT2D eigenvalue weighted by atomic mass is 16.1. The molecule has 0 spiro atoms. The summed E-state index contributed by atoms with van der Waals surface area (Å²) in [6.07, 6.45) is 11.0. The molecule has 3 aliphatic rings. The van der Waals surface area contributed by atoms with Crippen molar-refractivity contribution in [3.05, 3.63) is 30.1 Å². The van der Waals surface area contributed by atoms with Gasteiger partial charge in [-0.15, -0.1) is 0 Å². The molecule has 160 valence electrons. The number of rotatable bonds is 7. The van der Waals surface area contributed by atoms with Crippen LogP contribution in [0.3, 0.4) is 0 Å². The van der Waals surface area contributed by atoms with E-state index in [2.05, 4.69) is 37.1 Å². The third kappa shape index (κ3) is 6.00. The lowest BCUT2D eigenvalue weighted by Crippen LogP contribution is -2.51. The molecular weight excluding hydrogens is 362 g/mol. The van der Waals surface area contributed by atoms with Gasteiger partial charge in [0.2, 0.25) is 5.91 Å². The number of aromatic nitrogens is 1. The first-order valence-electron chi connectivity index (χ1n) is 11.6. The molecule has 1 N–H and O–H groups in total. The molecule has 0 aliphatic carbocycles. The number of hydrogen-bond acceptors (Lipinski definition) is 5. The summed E-state index contributed by atoms with van der Waals surface area (Å²) in [5.41, 5.74) is 1.35. The largest absolute Gasteiger partial charge is 0.355 e. The van der Waals surface area contributed by atoms with E-state index in [4.69, 9.17) is 0 Å². The summed E-state index contributed by atoms with van der Waals surface area (Å²) in [6, 6.07) is 4.87. The molecule has 1 aromatic heterocycles. The van der Waals surface area contributed by atoms with Crippen molar-refractivity contribution in [1.29, 1.82) is 0 Å². The van der Waals surface area contributed by atoms with Gasteiger partial charge in [0.1, 0.15) is 0 Å². The van der Waals surface area contributed by atoms with Gasteiger partial charge in [0, 0.05) is 44.6 Å². The van der Waals surface area contributed by atoms with Gasteiger partial charge in [-0.2, -0.15) is 0 Å². The molecular formula is C23H37N5O. The van der Waals surface area contributed by atoms with Crippen molar-refractivity contribution in [1.82, 2.24) is 25.0 Å². The fourth-order valence-electron chi connectivity index (χ4n) is 5.23. The molecule has 0 radical (unpaired) electrons.